The molecule has 3 aromatic rings. The van der Waals surface area contributed by atoms with E-state index in [0.29, 0.717) is 15.7 Å². The first kappa shape index (κ1) is 28.4. The number of carbonyl (C=O) groups is 4. The predicted molar refractivity (Wildman–Crippen MR) is 143 cm³/mol. The summed E-state index contributed by atoms with van der Waals surface area (Å²) in [6.45, 7) is 1.50. The van der Waals surface area contributed by atoms with Gasteiger partial charge in [0.1, 0.15) is 17.3 Å². The quantitative estimate of drug-likeness (QED) is 0.194. The second-order valence-electron chi connectivity index (χ2n) is 8.24. The Morgan fingerprint density at radius 3 is 2.58 bits per heavy atom. The second kappa shape index (κ2) is 12.5. The summed E-state index contributed by atoms with van der Waals surface area (Å²) in [5.74, 6) is -1.47. The minimum absolute atomic E-state index is 0.00596. The Balaban J connectivity index is 1.47. The van der Waals surface area contributed by atoms with E-state index in [1.54, 1.807) is 19.1 Å². The van der Waals surface area contributed by atoms with E-state index in [1.165, 1.54) is 49.6 Å². The Morgan fingerprint density at radius 1 is 1.12 bits per heavy atom. The third-order valence-electron chi connectivity index (χ3n) is 5.44. The molecule has 2 heterocycles. The zero-order valence-corrected chi connectivity index (χ0v) is 22.9. The molecule has 2 aromatic carbocycles. The topological polar surface area (TPSA) is 136 Å². The molecule has 4 amide bonds. The highest BCUT2D eigenvalue weighted by molar-refractivity contribution is 9.10. The zero-order valence-electron chi connectivity index (χ0n) is 21.3. The molecule has 1 fully saturated rings. The average Bonchev–Trinajstić information content (AvgIpc) is 3.49. The molecule has 0 unspecified atom stereocenters. The molecule has 2 N–H and O–H groups in total. The lowest BCUT2D eigenvalue weighted by Crippen LogP contribution is -2.30. The molecule has 0 aliphatic carbocycles. The van der Waals surface area contributed by atoms with E-state index in [-0.39, 0.29) is 48.5 Å². The molecule has 0 radical (unpaired) electrons. The molecule has 11 nitrogen and oxygen atoms in total. The third-order valence-corrected chi connectivity index (χ3v) is 6.03. The fraction of sp³-hybridized carbons (Fsp3) is 0.185. The lowest BCUT2D eigenvalue weighted by Gasteiger charge is -2.15. The van der Waals surface area contributed by atoms with Crippen LogP contribution < -0.4 is 20.1 Å². The number of hydrogen-bond donors (Lipinski definition) is 2. The second-order valence-corrected chi connectivity index (χ2v) is 9.10. The molecular formula is C27H23BrFN3O8. The van der Waals surface area contributed by atoms with E-state index >= 15 is 0 Å². The number of methoxy groups -OCH3 is 1. The van der Waals surface area contributed by atoms with Crippen LogP contribution in [0.5, 0.6) is 11.5 Å². The van der Waals surface area contributed by atoms with Crippen LogP contribution in [0.15, 0.2) is 63.1 Å². The number of nitrogens with zero attached hydrogens (tertiary/aromatic N) is 1. The van der Waals surface area contributed by atoms with Crippen LogP contribution >= 0.6 is 15.9 Å². The summed E-state index contributed by atoms with van der Waals surface area (Å²) in [6.07, 6.45) is 1.46. The average molecular weight is 616 g/mol. The van der Waals surface area contributed by atoms with Gasteiger partial charge in [-0.2, -0.15) is 0 Å². The van der Waals surface area contributed by atoms with Crippen molar-refractivity contribution in [2.75, 3.05) is 25.6 Å². The summed E-state index contributed by atoms with van der Waals surface area (Å²) < 4.78 is 34.8. The van der Waals surface area contributed by atoms with Crippen molar-refractivity contribution in [1.29, 1.82) is 0 Å². The van der Waals surface area contributed by atoms with Crippen molar-refractivity contribution >= 4 is 51.5 Å². The third kappa shape index (κ3) is 6.67. The van der Waals surface area contributed by atoms with E-state index in [1.807, 2.05) is 0 Å². The van der Waals surface area contributed by atoms with Crippen LogP contribution in [0.4, 0.5) is 14.9 Å². The standard InChI is InChI=1S/C27H23BrFN3O8/c1-3-38-22-12-15(10-19(28)24(22)39-14-23(33)30-17-6-4-16(29)5-7-17)11-20-25(34)32(27(36)31-20)13-18-8-9-21(40-18)26(35)37-2/h4-12H,3,13-14H2,1-2H3,(H,30,33)(H,31,36)/b20-11-. The number of benzene rings is 2. The number of anilines is 1. The van der Waals surface area contributed by atoms with Gasteiger partial charge in [-0.25, -0.2) is 14.0 Å². The molecule has 1 saturated heterocycles. The van der Waals surface area contributed by atoms with E-state index in [0.717, 1.165) is 4.90 Å². The van der Waals surface area contributed by atoms with Gasteiger partial charge in [0.25, 0.3) is 11.8 Å². The summed E-state index contributed by atoms with van der Waals surface area (Å²) >= 11 is 3.40. The molecule has 4 rings (SSSR count). The van der Waals surface area contributed by atoms with Gasteiger partial charge in [0.05, 0.1) is 24.7 Å². The molecule has 1 aliphatic rings. The first-order valence-electron chi connectivity index (χ1n) is 11.8. The monoisotopic (exact) mass is 615 g/mol. The van der Waals surface area contributed by atoms with Gasteiger partial charge in [-0.05, 0) is 83.0 Å². The van der Waals surface area contributed by atoms with Crippen molar-refractivity contribution in [3.05, 3.63) is 81.6 Å². The number of halogens is 2. The molecule has 40 heavy (non-hydrogen) atoms. The van der Waals surface area contributed by atoms with E-state index in [2.05, 4.69) is 31.3 Å². The Bertz CT molecular complexity index is 1490. The lowest BCUT2D eigenvalue weighted by atomic mass is 10.1. The fourth-order valence-corrected chi connectivity index (χ4v) is 4.23. The maximum Gasteiger partial charge on any atom is 0.373 e. The maximum absolute atomic E-state index is 13.1. The molecule has 0 atom stereocenters. The number of ether oxygens (including phenoxy) is 3. The summed E-state index contributed by atoms with van der Waals surface area (Å²) in [5.41, 5.74) is 0.913. The van der Waals surface area contributed by atoms with Gasteiger partial charge in [-0.15, -0.1) is 0 Å². The molecule has 0 bridgehead atoms. The highest BCUT2D eigenvalue weighted by atomic mass is 79.9. The maximum atomic E-state index is 13.1. The minimum Gasteiger partial charge on any atom is -0.490 e. The molecule has 1 aromatic heterocycles. The van der Waals surface area contributed by atoms with Crippen molar-refractivity contribution in [3.63, 3.8) is 0 Å². The molecule has 0 saturated carbocycles. The van der Waals surface area contributed by atoms with E-state index < -0.39 is 29.6 Å². The van der Waals surface area contributed by atoms with Gasteiger partial charge in [0.2, 0.25) is 5.76 Å². The number of nitrogens with one attached hydrogen (secondary N) is 2. The van der Waals surface area contributed by atoms with Gasteiger partial charge < -0.3 is 29.3 Å². The highest BCUT2D eigenvalue weighted by Crippen LogP contribution is 2.38. The zero-order chi connectivity index (χ0) is 28.8. The van der Waals surface area contributed by atoms with Crippen LogP contribution in [0.25, 0.3) is 6.08 Å². The number of imide groups is 1. The fourth-order valence-electron chi connectivity index (χ4n) is 3.65. The Hall–Kier alpha value is -4.65. The van der Waals surface area contributed by atoms with Crippen LogP contribution in [0.2, 0.25) is 0 Å². The number of amides is 4. The van der Waals surface area contributed by atoms with Gasteiger partial charge in [-0.3, -0.25) is 14.5 Å². The summed E-state index contributed by atoms with van der Waals surface area (Å²) in [6, 6.07) is 10.7. The number of carbonyl (C=O) groups excluding carboxylic acids is 4. The first-order chi connectivity index (χ1) is 19.2. The van der Waals surface area contributed by atoms with Crippen LogP contribution in [0.1, 0.15) is 28.8 Å². The summed E-state index contributed by atoms with van der Waals surface area (Å²) in [5, 5.41) is 5.12. The van der Waals surface area contributed by atoms with Crippen molar-refractivity contribution in [3.8, 4) is 11.5 Å². The van der Waals surface area contributed by atoms with Crippen LogP contribution in [-0.4, -0.2) is 49.0 Å². The Labute approximate surface area is 236 Å². The van der Waals surface area contributed by atoms with Crippen LogP contribution in [-0.2, 0) is 20.9 Å². The van der Waals surface area contributed by atoms with Crippen molar-refractivity contribution in [2.45, 2.75) is 13.5 Å². The SMILES string of the molecule is CCOc1cc(/C=C2\NC(=O)N(Cc3ccc(C(=O)OC)o3)C2=O)cc(Br)c1OCC(=O)Nc1ccc(F)cc1. The van der Waals surface area contributed by atoms with E-state index in [9.17, 15) is 23.6 Å². The van der Waals surface area contributed by atoms with Crippen molar-refractivity contribution in [2.24, 2.45) is 0 Å². The van der Waals surface area contributed by atoms with Gasteiger partial charge in [0.15, 0.2) is 18.1 Å². The molecule has 208 valence electrons. The lowest BCUT2D eigenvalue weighted by molar-refractivity contribution is -0.123. The summed E-state index contributed by atoms with van der Waals surface area (Å²) in [7, 11) is 1.21. The minimum atomic E-state index is -0.680. The number of furan rings is 1. The van der Waals surface area contributed by atoms with Crippen molar-refractivity contribution in [1.82, 2.24) is 10.2 Å². The number of esters is 1. The highest BCUT2D eigenvalue weighted by Gasteiger charge is 2.34. The van der Waals surface area contributed by atoms with Gasteiger partial charge >= 0.3 is 12.0 Å². The van der Waals surface area contributed by atoms with Crippen LogP contribution in [0, 0.1) is 5.82 Å². The Kier molecular flexibility index (Phi) is 8.84. The number of urea groups is 1. The van der Waals surface area contributed by atoms with Gasteiger partial charge in [-0.1, -0.05) is 0 Å². The molecule has 0 spiro atoms. The van der Waals surface area contributed by atoms with E-state index in [4.69, 9.17) is 13.9 Å². The Morgan fingerprint density at radius 2 is 1.88 bits per heavy atom. The summed E-state index contributed by atoms with van der Waals surface area (Å²) in [4.78, 5) is 50.3. The molecule has 13 heteroatoms. The molecular weight excluding hydrogens is 593 g/mol. The number of rotatable bonds is 10. The first-order valence-corrected chi connectivity index (χ1v) is 12.6. The van der Waals surface area contributed by atoms with Crippen molar-refractivity contribution < 1.29 is 42.2 Å². The van der Waals surface area contributed by atoms with Crippen LogP contribution in [0.3, 0.4) is 0 Å². The largest absolute Gasteiger partial charge is 0.490 e. The normalized spacial score (nSPS) is 13.8. The molecule has 1 aliphatic heterocycles. The predicted octanol–water partition coefficient (Wildman–Crippen LogP) is 4.48. The smallest absolute Gasteiger partial charge is 0.373 e. The van der Waals surface area contributed by atoms with Gasteiger partial charge in [0, 0.05) is 5.69 Å². The number of hydrogen-bond acceptors (Lipinski definition) is 8.